The summed E-state index contributed by atoms with van der Waals surface area (Å²) in [6.07, 6.45) is 3.80. The van der Waals surface area contributed by atoms with Gasteiger partial charge in [0.2, 0.25) is 5.91 Å². The van der Waals surface area contributed by atoms with Gasteiger partial charge in [-0.3, -0.25) is 4.79 Å². The molecule has 0 aromatic heterocycles. The molecule has 0 spiro atoms. The van der Waals surface area contributed by atoms with Crippen LogP contribution in [0.4, 0.5) is 5.69 Å². The Morgan fingerprint density at radius 3 is 2.90 bits per heavy atom. The van der Waals surface area contributed by atoms with Crippen LogP contribution in [0, 0.1) is 5.92 Å². The summed E-state index contributed by atoms with van der Waals surface area (Å²) in [5.41, 5.74) is 7.33. The maximum absolute atomic E-state index is 12.2. The maximum atomic E-state index is 12.2. The number of anilines is 1. The Bertz CT molecular complexity index is 462. The molecule has 4 heteroatoms. The topological polar surface area (TPSA) is 75.3 Å². The van der Waals surface area contributed by atoms with Crippen LogP contribution in [-0.2, 0) is 4.79 Å². The Hall–Kier alpha value is -1.55. The fourth-order valence-corrected chi connectivity index (χ4v) is 2.79. The summed E-state index contributed by atoms with van der Waals surface area (Å²) in [5, 5.41) is 12.9. The molecule has 0 saturated heterocycles. The predicted molar refractivity (Wildman–Crippen MR) is 80.2 cm³/mol. The molecule has 1 aliphatic carbocycles. The fraction of sp³-hybridized carbons (Fsp3) is 0.562. The van der Waals surface area contributed by atoms with Crippen molar-refractivity contribution < 1.29 is 9.90 Å². The van der Waals surface area contributed by atoms with Gasteiger partial charge in [0, 0.05) is 18.2 Å². The standard InChI is InChI=1S/C16H24N2O2/c1-11(12-6-4-7-14(17)9-12)16(20)18-10-13-5-2-3-8-15(13)19/h4,6-7,9,11,13,15,19H,2-3,5,8,10,17H2,1H3,(H,18,20). The molecule has 1 fully saturated rings. The van der Waals surface area contributed by atoms with Gasteiger partial charge in [0.1, 0.15) is 0 Å². The molecule has 1 amide bonds. The summed E-state index contributed by atoms with van der Waals surface area (Å²) < 4.78 is 0. The van der Waals surface area contributed by atoms with Crippen LogP contribution in [0.1, 0.15) is 44.1 Å². The third kappa shape index (κ3) is 3.73. The van der Waals surface area contributed by atoms with Gasteiger partial charge in [-0.25, -0.2) is 0 Å². The first-order chi connectivity index (χ1) is 9.58. The first-order valence-corrected chi connectivity index (χ1v) is 7.39. The van der Waals surface area contributed by atoms with Crippen molar-refractivity contribution in [2.75, 3.05) is 12.3 Å². The van der Waals surface area contributed by atoms with Gasteiger partial charge in [-0.15, -0.1) is 0 Å². The van der Waals surface area contributed by atoms with Crippen molar-refractivity contribution in [3.05, 3.63) is 29.8 Å². The zero-order valence-electron chi connectivity index (χ0n) is 12.0. The van der Waals surface area contributed by atoms with Crippen LogP contribution in [0.3, 0.4) is 0 Å². The first kappa shape index (κ1) is 14.9. The van der Waals surface area contributed by atoms with E-state index < -0.39 is 0 Å². The van der Waals surface area contributed by atoms with Gasteiger partial charge in [-0.05, 0) is 37.5 Å². The summed E-state index contributed by atoms with van der Waals surface area (Å²) in [4.78, 5) is 12.2. The number of aliphatic hydroxyl groups is 1. The van der Waals surface area contributed by atoms with Crippen LogP contribution in [0.25, 0.3) is 0 Å². The summed E-state index contributed by atoms with van der Waals surface area (Å²) in [6, 6.07) is 7.42. The summed E-state index contributed by atoms with van der Waals surface area (Å²) in [5.74, 6) is -0.0339. The van der Waals surface area contributed by atoms with E-state index in [1.165, 1.54) is 0 Å². The minimum atomic E-state index is -0.272. The quantitative estimate of drug-likeness (QED) is 0.737. The Morgan fingerprint density at radius 1 is 1.45 bits per heavy atom. The molecule has 4 nitrogen and oxygen atoms in total. The minimum absolute atomic E-state index is 0.00614. The third-order valence-corrected chi connectivity index (χ3v) is 4.21. The number of hydrogen-bond donors (Lipinski definition) is 3. The number of nitrogens with two attached hydrogens (primary N) is 1. The number of aliphatic hydroxyl groups excluding tert-OH is 1. The number of benzene rings is 1. The van der Waals surface area contributed by atoms with Crippen LogP contribution in [0.5, 0.6) is 0 Å². The van der Waals surface area contributed by atoms with Crippen molar-refractivity contribution in [3.63, 3.8) is 0 Å². The molecule has 0 radical (unpaired) electrons. The second kappa shape index (κ2) is 6.75. The number of nitrogen functional groups attached to an aromatic ring is 1. The molecular formula is C16H24N2O2. The van der Waals surface area contributed by atoms with Gasteiger partial charge in [-0.1, -0.05) is 25.0 Å². The number of carbonyl (C=O) groups is 1. The molecule has 110 valence electrons. The molecule has 20 heavy (non-hydrogen) atoms. The highest BCUT2D eigenvalue weighted by Crippen LogP contribution is 2.24. The second-order valence-electron chi connectivity index (χ2n) is 5.75. The Labute approximate surface area is 120 Å². The van der Waals surface area contributed by atoms with Crippen LogP contribution in [-0.4, -0.2) is 23.7 Å². The Balaban J connectivity index is 1.88. The Morgan fingerprint density at radius 2 is 2.20 bits per heavy atom. The summed E-state index contributed by atoms with van der Waals surface area (Å²) >= 11 is 0. The number of nitrogens with one attached hydrogen (secondary N) is 1. The van der Waals surface area contributed by atoms with Crippen molar-refractivity contribution >= 4 is 11.6 Å². The van der Waals surface area contributed by atoms with E-state index in [0.29, 0.717) is 12.2 Å². The zero-order chi connectivity index (χ0) is 14.5. The number of carbonyl (C=O) groups excluding carboxylic acids is 1. The van der Waals surface area contributed by atoms with Crippen molar-refractivity contribution in [3.8, 4) is 0 Å². The van der Waals surface area contributed by atoms with E-state index in [1.807, 2.05) is 31.2 Å². The smallest absolute Gasteiger partial charge is 0.227 e. The summed E-state index contributed by atoms with van der Waals surface area (Å²) in [6.45, 7) is 2.44. The number of amides is 1. The molecule has 3 unspecified atom stereocenters. The lowest BCUT2D eigenvalue weighted by Crippen LogP contribution is -2.38. The van der Waals surface area contributed by atoms with Gasteiger partial charge in [0.15, 0.2) is 0 Å². The highest BCUT2D eigenvalue weighted by molar-refractivity contribution is 5.83. The van der Waals surface area contributed by atoms with E-state index in [-0.39, 0.29) is 23.8 Å². The van der Waals surface area contributed by atoms with E-state index in [2.05, 4.69) is 5.32 Å². The molecule has 2 rings (SSSR count). The number of rotatable bonds is 4. The van der Waals surface area contributed by atoms with Gasteiger partial charge in [0.25, 0.3) is 0 Å². The monoisotopic (exact) mass is 276 g/mol. The van der Waals surface area contributed by atoms with Crippen molar-refractivity contribution in [2.45, 2.75) is 44.6 Å². The van der Waals surface area contributed by atoms with Crippen LogP contribution in [0.15, 0.2) is 24.3 Å². The van der Waals surface area contributed by atoms with Crippen LogP contribution < -0.4 is 11.1 Å². The lowest BCUT2D eigenvalue weighted by atomic mass is 9.86. The molecule has 3 atom stereocenters. The van der Waals surface area contributed by atoms with E-state index in [4.69, 9.17) is 5.73 Å². The zero-order valence-corrected chi connectivity index (χ0v) is 12.0. The van der Waals surface area contributed by atoms with Gasteiger partial charge >= 0.3 is 0 Å². The molecule has 1 aromatic carbocycles. The molecule has 1 aliphatic rings. The third-order valence-electron chi connectivity index (χ3n) is 4.21. The highest BCUT2D eigenvalue weighted by atomic mass is 16.3. The van der Waals surface area contributed by atoms with Crippen LogP contribution >= 0.6 is 0 Å². The first-order valence-electron chi connectivity index (χ1n) is 7.39. The van der Waals surface area contributed by atoms with E-state index >= 15 is 0 Å². The molecule has 0 bridgehead atoms. The predicted octanol–water partition coefficient (Wildman–Crippen LogP) is 2.04. The average molecular weight is 276 g/mol. The molecule has 1 saturated carbocycles. The minimum Gasteiger partial charge on any atom is -0.399 e. The fourth-order valence-electron chi connectivity index (χ4n) is 2.79. The SMILES string of the molecule is CC(C(=O)NCC1CCCCC1O)c1cccc(N)c1. The molecule has 0 heterocycles. The summed E-state index contributed by atoms with van der Waals surface area (Å²) in [7, 11) is 0. The van der Waals surface area contributed by atoms with E-state index in [9.17, 15) is 9.90 Å². The van der Waals surface area contributed by atoms with Crippen molar-refractivity contribution in [1.29, 1.82) is 0 Å². The lowest BCUT2D eigenvalue weighted by Gasteiger charge is -2.28. The van der Waals surface area contributed by atoms with E-state index in [0.717, 1.165) is 31.2 Å². The molecule has 0 aliphatic heterocycles. The molecule has 4 N–H and O–H groups in total. The average Bonchev–Trinajstić information content (AvgIpc) is 2.45. The number of hydrogen-bond acceptors (Lipinski definition) is 3. The van der Waals surface area contributed by atoms with Crippen LogP contribution in [0.2, 0.25) is 0 Å². The highest BCUT2D eigenvalue weighted by Gasteiger charge is 2.24. The Kier molecular flexibility index (Phi) is 5.01. The second-order valence-corrected chi connectivity index (χ2v) is 5.75. The van der Waals surface area contributed by atoms with Gasteiger partial charge in [0.05, 0.1) is 12.0 Å². The maximum Gasteiger partial charge on any atom is 0.227 e. The normalized spacial score (nSPS) is 24.1. The van der Waals surface area contributed by atoms with Crippen molar-refractivity contribution in [2.24, 2.45) is 5.92 Å². The largest absolute Gasteiger partial charge is 0.399 e. The lowest BCUT2D eigenvalue weighted by molar-refractivity contribution is -0.122. The van der Waals surface area contributed by atoms with Gasteiger partial charge < -0.3 is 16.2 Å². The molecular weight excluding hydrogens is 252 g/mol. The van der Waals surface area contributed by atoms with Gasteiger partial charge in [-0.2, -0.15) is 0 Å². The molecule has 1 aromatic rings. The van der Waals surface area contributed by atoms with Crippen molar-refractivity contribution in [1.82, 2.24) is 5.32 Å². The van der Waals surface area contributed by atoms with E-state index in [1.54, 1.807) is 0 Å².